The van der Waals surface area contributed by atoms with Gasteiger partial charge in [0.25, 0.3) is 0 Å². The molecular weight excluding hydrogens is 314 g/mol. The number of hydrogen-bond donors (Lipinski definition) is 2. The first-order valence-corrected chi connectivity index (χ1v) is 9.92. The summed E-state index contributed by atoms with van der Waals surface area (Å²) >= 11 is 5.44. The van der Waals surface area contributed by atoms with Gasteiger partial charge in [-0.1, -0.05) is 43.2 Å². The van der Waals surface area contributed by atoms with Crippen molar-refractivity contribution in [2.45, 2.75) is 77.0 Å². The minimum absolute atomic E-state index is 0.534. The molecule has 0 saturated carbocycles. The van der Waals surface area contributed by atoms with Crippen LogP contribution in [0.5, 0.6) is 0 Å². The third kappa shape index (κ3) is 4.48. The Kier molecular flexibility index (Phi) is 6.12. The van der Waals surface area contributed by atoms with Crippen LogP contribution in [0, 0.1) is 6.92 Å². The van der Waals surface area contributed by atoms with E-state index in [4.69, 9.17) is 12.2 Å². The topological polar surface area (TPSA) is 27.3 Å². The van der Waals surface area contributed by atoms with Crippen LogP contribution in [-0.4, -0.2) is 34.7 Å². The Morgan fingerprint density at radius 3 is 2.46 bits per heavy atom. The van der Waals surface area contributed by atoms with Gasteiger partial charge in [0.1, 0.15) is 0 Å². The molecule has 4 heteroatoms. The van der Waals surface area contributed by atoms with E-state index in [0.29, 0.717) is 18.1 Å². The second-order valence-corrected chi connectivity index (χ2v) is 7.87. The Balaban J connectivity index is 1.59. The number of rotatable bonds is 5. The summed E-state index contributed by atoms with van der Waals surface area (Å²) in [6.45, 7) is 6.39. The number of thiocarbonyl (C=S) groups is 1. The van der Waals surface area contributed by atoms with Crippen LogP contribution in [-0.2, 0) is 6.54 Å². The molecule has 2 bridgehead atoms. The van der Waals surface area contributed by atoms with Gasteiger partial charge in [0.2, 0.25) is 0 Å². The summed E-state index contributed by atoms with van der Waals surface area (Å²) in [5.74, 6) is 0. The van der Waals surface area contributed by atoms with Crippen LogP contribution in [0.3, 0.4) is 0 Å². The summed E-state index contributed by atoms with van der Waals surface area (Å²) in [4.78, 5) is 2.76. The molecule has 2 fully saturated rings. The van der Waals surface area contributed by atoms with Crippen molar-refractivity contribution in [3.63, 3.8) is 0 Å². The highest BCUT2D eigenvalue weighted by Crippen LogP contribution is 2.35. The average Bonchev–Trinajstić information content (AvgIpc) is 2.55. The van der Waals surface area contributed by atoms with Gasteiger partial charge < -0.3 is 10.6 Å². The van der Waals surface area contributed by atoms with Gasteiger partial charge in [-0.3, -0.25) is 4.90 Å². The van der Waals surface area contributed by atoms with Crippen molar-refractivity contribution in [1.82, 2.24) is 15.5 Å². The molecule has 0 amide bonds. The summed E-state index contributed by atoms with van der Waals surface area (Å²) in [6.07, 6.45) is 7.59. The van der Waals surface area contributed by atoms with Crippen molar-refractivity contribution in [2.24, 2.45) is 0 Å². The third-order valence-corrected chi connectivity index (χ3v) is 5.74. The van der Waals surface area contributed by atoms with Gasteiger partial charge in [0.15, 0.2) is 5.11 Å². The van der Waals surface area contributed by atoms with Crippen molar-refractivity contribution >= 4 is 17.3 Å². The predicted molar refractivity (Wildman–Crippen MR) is 105 cm³/mol. The molecule has 0 unspecified atom stereocenters. The van der Waals surface area contributed by atoms with Gasteiger partial charge in [0, 0.05) is 31.2 Å². The van der Waals surface area contributed by atoms with Crippen LogP contribution in [0.25, 0.3) is 0 Å². The first-order valence-electron chi connectivity index (χ1n) is 9.51. The minimum atomic E-state index is 0.534. The number of aryl methyl sites for hydroxylation is 1. The standard InChI is InChI=1S/C20H31N3S/c1-3-11-21-20(24)22-17-12-18-5-4-6-19(13-17)23(18)14-16-9-7-15(2)8-10-16/h7-10,17-19H,3-6,11-14H2,1-2H3,(H2,21,22,24)/t18-,19-/m1/s1. The zero-order valence-corrected chi connectivity index (χ0v) is 15.9. The van der Waals surface area contributed by atoms with Crippen molar-refractivity contribution in [3.05, 3.63) is 35.4 Å². The van der Waals surface area contributed by atoms with Gasteiger partial charge in [-0.25, -0.2) is 0 Å². The average molecular weight is 346 g/mol. The van der Waals surface area contributed by atoms with E-state index in [2.05, 4.69) is 53.6 Å². The molecule has 2 aliphatic rings. The summed E-state index contributed by atoms with van der Waals surface area (Å²) < 4.78 is 0. The molecular formula is C20H31N3S. The van der Waals surface area contributed by atoms with Crippen LogP contribution < -0.4 is 10.6 Å². The van der Waals surface area contributed by atoms with Gasteiger partial charge >= 0.3 is 0 Å². The second kappa shape index (κ2) is 8.30. The first kappa shape index (κ1) is 17.7. The molecule has 3 nitrogen and oxygen atoms in total. The summed E-state index contributed by atoms with van der Waals surface area (Å²) in [6, 6.07) is 11.0. The zero-order chi connectivity index (χ0) is 16.9. The highest BCUT2D eigenvalue weighted by molar-refractivity contribution is 7.80. The van der Waals surface area contributed by atoms with E-state index in [-0.39, 0.29) is 0 Å². The van der Waals surface area contributed by atoms with Gasteiger partial charge in [-0.2, -0.15) is 0 Å². The molecule has 24 heavy (non-hydrogen) atoms. The normalized spacial score (nSPS) is 26.8. The van der Waals surface area contributed by atoms with Crippen LogP contribution >= 0.6 is 12.2 Å². The number of nitrogens with zero attached hydrogens (tertiary/aromatic N) is 1. The number of hydrogen-bond acceptors (Lipinski definition) is 2. The molecule has 2 atom stereocenters. The van der Waals surface area contributed by atoms with Gasteiger partial charge in [0.05, 0.1) is 0 Å². The third-order valence-electron chi connectivity index (χ3n) is 5.48. The van der Waals surface area contributed by atoms with E-state index >= 15 is 0 Å². The second-order valence-electron chi connectivity index (χ2n) is 7.47. The lowest BCUT2D eigenvalue weighted by Gasteiger charge is -2.49. The van der Waals surface area contributed by atoms with E-state index in [1.807, 2.05) is 0 Å². The van der Waals surface area contributed by atoms with E-state index in [0.717, 1.165) is 24.6 Å². The van der Waals surface area contributed by atoms with Crippen LogP contribution in [0.2, 0.25) is 0 Å². The smallest absolute Gasteiger partial charge is 0.166 e. The molecule has 2 heterocycles. The van der Waals surface area contributed by atoms with Crippen LogP contribution in [0.4, 0.5) is 0 Å². The molecule has 0 aromatic heterocycles. The quantitative estimate of drug-likeness (QED) is 0.795. The molecule has 2 saturated heterocycles. The highest BCUT2D eigenvalue weighted by Gasteiger charge is 2.38. The van der Waals surface area contributed by atoms with Crippen molar-refractivity contribution in [2.75, 3.05) is 6.54 Å². The fourth-order valence-corrected chi connectivity index (χ4v) is 4.50. The van der Waals surface area contributed by atoms with E-state index in [1.54, 1.807) is 0 Å². The molecule has 0 radical (unpaired) electrons. The van der Waals surface area contributed by atoms with Crippen molar-refractivity contribution in [1.29, 1.82) is 0 Å². The van der Waals surface area contributed by atoms with E-state index < -0.39 is 0 Å². The van der Waals surface area contributed by atoms with Crippen LogP contribution in [0.15, 0.2) is 24.3 Å². The van der Waals surface area contributed by atoms with E-state index in [1.165, 1.54) is 43.2 Å². The molecule has 0 aliphatic carbocycles. The molecule has 2 N–H and O–H groups in total. The fraction of sp³-hybridized carbons (Fsp3) is 0.650. The molecule has 3 rings (SSSR count). The Morgan fingerprint density at radius 1 is 1.17 bits per heavy atom. The first-order chi connectivity index (χ1) is 11.7. The molecule has 1 aromatic carbocycles. The predicted octanol–water partition coefficient (Wildman–Crippen LogP) is 3.75. The Morgan fingerprint density at radius 2 is 1.83 bits per heavy atom. The summed E-state index contributed by atoms with van der Waals surface area (Å²) in [5.41, 5.74) is 2.79. The Bertz CT molecular complexity index is 528. The Labute approximate surface area is 152 Å². The SMILES string of the molecule is CCCNC(=S)NC1C[C@H]2CCC[C@H](C1)N2Cc1ccc(C)cc1. The van der Waals surface area contributed by atoms with Gasteiger partial charge in [-0.05, 0) is 56.8 Å². The zero-order valence-electron chi connectivity index (χ0n) is 15.1. The van der Waals surface area contributed by atoms with Crippen molar-refractivity contribution in [3.8, 4) is 0 Å². The van der Waals surface area contributed by atoms with Crippen molar-refractivity contribution < 1.29 is 0 Å². The lowest BCUT2D eigenvalue weighted by Crippen LogP contribution is -2.57. The fourth-order valence-electron chi connectivity index (χ4n) is 4.23. The van der Waals surface area contributed by atoms with Gasteiger partial charge in [-0.15, -0.1) is 0 Å². The lowest BCUT2D eigenvalue weighted by atomic mass is 9.81. The minimum Gasteiger partial charge on any atom is -0.363 e. The maximum absolute atomic E-state index is 5.44. The largest absolute Gasteiger partial charge is 0.363 e. The summed E-state index contributed by atoms with van der Waals surface area (Å²) in [7, 11) is 0. The number of piperidine rings is 2. The highest BCUT2D eigenvalue weighted by atomic mass is 32.1. The molecule has 0 spiro atoms. The lowest BCUT2D eigenvalue weighted by molar-refractivity contribution is 0.0210. The molecule has 1 aromatic rings. The number of nitrogens with one attached hydrogen (secondary N) is 2. The van der Waals surface area contributed by atoms with E-state index in [9.17, 15) is 0 Å². The monoisotopic (exact) mass is 345 g/mol. The number of benzene rings is 1. The number of fused-ring (bicyclic) bond motifs is 2. The molecule has 2 aliphatic heterocycles. The maximum Gasteiger partial charge on any atom is 0.166 e. The molecule has 132 valence electrons. The Hall–Kier alpha value is -1.13. The maximum atomic E-state index is 5.44. The van der Waals surface area contributed by atoms with Crippen LogP contribution in [0.1, 0.15) is 56.6 Å². The summed E-state index contributed by atoms with van der Waals surface area (Å²) in [5, 5.41) is 7.72.